The Morgan fingerprint density at radius 2 is 1.88 bits per heavy atom. The van der Waals surface area contributed by atoms with Crippen molar-refractivity contribution in [1.29, 1.82) is 0 Å². The van der Waals surface area contributed by atoms with Gasteiger partial charge >= 0.3 is 0 Å². The highest BCUT2D eigenvalue weighted by Crippen LogP contribution is 2.25. The minimum atomic E-state index is -0.0440. The van der Waals surface area contributed by atoms with Gasteiger partial charge in [-0.2, -0.15) is 0 Å². The Labute approximate surface area is 108 Å². The molecule has 0 aromatic heterocycles. The highest BCUT2D eigenvalue weighted by Gasteiger charge is 2.29. The van der Waals surface area contributed by atoms with E-state index < -0.39 is 0 Å². The van der Waals surface area contributed by atoms with Gasteiger partial charge in [-0.05, 0) is 30.7 Å². The summed E-state index contributed by atoms with van der Waals surface area (Å²) in [6, 6.07) is 5.67. The van der Waals surface area contributed by atoms with E-state index in [-0.39, 0.29) is 24.9 Å². The number of amides is 2. The van der Waals surface area contributed by atoms with E-state index in [9.17, 15) is 9.59 Å². The second-order valence-electron chi connectivity index (χ2n) is 4.16. The molecule has 0 bridgehead atoms. The molecule has 0 aliphatic carbocycles. The van der Waals surface area contributed by atoms with Crippen molar-refractivity contribution in [3.63, 3.8) is 0 Å². The Bertz CT molecular complexity index is 487. The summed E-state index contributed by atoms with van der Waals surface area (Å²) in [5.41, 5.74) is 1.78. The molecule has 1 aromatic rings. The number of benzene rings is 1. The summed E-state index contributed by atoms with van der Waals surface area (Å²) in [7, 11) is 1.64. The highest BCUT2D eigenvalue weighted by molar-refractivity contribution is 9.10. The molecule has 1 heterocycles. The summed E-state index contributed by atoms with van der Waals surface area (Å²) in [4.78, 5) is 26.5. The minimum Gasteiger partial charge on any atom is -0.335 e. The van der Waals surface area contributed by atoms with Crippen LogP contribution >= 0.6 is 15.9 Å². The van der Waals surface area contributed by atoms with Gasteiger partial charge in [0, 0.05) is 17.2 Å². The summed E-state index contributed by atoms with van der Waals surface area (Å²) in [5, 5.41) is 0. The number of hydrogen-bond acceptors (Lipinski definition) is 2. The first-order chi connectivity index (χ1) is 7.99. The van der Waals surface area contributed by atoms with Crippen LogP contribution in [0.25, 0.3) is 0 Å². The third-order valence-corrected chi connectivity index (χ3v) is 3.34. The Hall–Kier alpha value is -1.36. The van der Waals surface area contributed by atoms with E-state index in [0.717, 1.165) is 15.7 Å². The molecule has 1 saturated heterocycles. The van der Waals surface area contributed by atoms with E-state index in [1.807, 2.05) is 25.1 Å². The standard InChI is InChI=1S/C12H13BrN2O2/c1-8-5-9(13)3-4-10(8)15-7-11(16)14(2)6-12(15)17/h3-5H,6-7H2,1-2H3. The normalized spacial score (nSPS) is 16.6. The number of nitrogens with zero attached hydrogens (tertiary/aromatic N) is 2. The maximum atomic E-state index is 11.9. The number of piperazine rings is 1. The molecule has 2 amide bonds. The fraction of sp³-hybridized carbons (Fsp3) is 0.333. The van der Waals surface area contributed by atoms with Gasteiger partial charge in [-0.25, -0.2) is 0 Å². The monoisotopic (exact) mass is 296 g/mol. The van der Waals surface area contributed by atoms with Crippen molar-refractivity contribution in [3.8, 4) is 0 Å². The molecule has 0 unspecified atom stereocenters. The molecule has 5 heteroatoms. The van der Waals surface area contributed by atoms with E-state index >= 15 is 0 Å². The maximum Gasteiger partial charge on any atom is 0.247 e. The van der Waals surface area contributed by atoms with Gasteiger partial charge in [0.2, 0.25) is 11.8 Å². The Morgan fingerprint density at radius 3 is 2.53 bits per heavy atom. The lowest BCUT2D eigenvalue weighted by Gasteiger charge is -2.32. The summed E-state index contributed by atoms with van der Waals surface area (Å²) in [5.74, 6) is -0.0792. The van der Waals surface area contributed by atoms with Gasteiger partial charge < -0.3 is 9.80 Å². The van der Waals surface area contributed by atoms with Crippen LogP contribution in [0, 0.1) is 6.92 Å². The average Bonchev–Trinajstić information content (AvgIpc) is 2.24. The number of carbonyl (C=O) groups is 2. The molecule has 1 aromatic carbocycles. The first-order valence-corrected chi connectivity index (χ1v) is 6.09. The lowest BCUT2D eigenvalue weighted by Crippen LogP contribution is -2.52. The van der Waals surface area contributed by atoms with Gasteiger partial charge in [0.25, 0.3) is 0 Å². The van der Waals surface area contributed by atoms with Gasteiger partial charge in [-0.3, -0.25) is 9.59 Å². The molecular weight excluding hydrogens is 284 g/mol. The first-order valence-electron chi connectivity index (χ1n) is 5.29. The van der Waals surface area contributed by atoms with Crippen LogP contribution in [-0.2, 0) is 9.59 Å². The number of anilines is 1. The van der Waals surface area contributed by atoms with Crippen LogP contribution in [0.2, 0.25) is 0 Å². The third-order valence-electron chi connectivity index (χ3n) is 2.84. The van der Waals surface area contributed by atoms with Crippen molar-refractivity contribution in [2.75, 3.05) is 25.0 Å². The first kappa shape index (κ1) is 12.1. The van der Waals surface area contributed by atoms with Gasteiger partial charge in [0.05, 0.1) is 6.54 Å². The zero-order valence-electron chi connectivity index (χ0n) is 9.74. The zero-order valence-corrected chi connectivity index (χ0v) is 11.3. The lowest BCUT2D eigenvalue weighted by molar-refractivity contribution is -0.136. The largest absolute Gasteiger partial charge is 0.335 e. The van der Waals surface area contributed by atoms with Crippen molar-refractivity contribution < 1.29 is 9.59 Å². The van der Waals surface area contributed by atoms with Crippen LogP contribution in [0.5, 0.6) is 0 Å². The van der Waals surface area contributed by atoms with E-state index in [1.54, 1.807) is 11.9 Å². The Balaban J connectivity index is 2.33. The topological polar surface area (TPSA) is 40.6 Å². The molecule has 2 rings (SSSR count). The summed E-state index contributed by atoms with van der Waals surface area (Å²) < 4.78 is 0.964. The number of aryl methyl sites for hydroxylation is 1. The maximum absolute atomic E-state index is 11.9. The Morgan fingerprint density at radius 1 is 1.18 bits per heavy atom. The van der Waals surface area contributed by atoms with Crippen molar-refractivity contribution in [2.45, 2.75) is 6.92 Å². The SMILES string of the molecule is Cc1cc(Br)ccc1N1CC(=O)N(C)CC1=O. The van der Waals surface area contributed by atoms with Crippen molar-refractivity contribution in [1.82, 2.24) is 4.90 Å². The molecule has 0 N–H and O–H groups in total. The fourth-order valence-electron chi connectivity index (χ4n) is 1.86. The van der Waals surface area contributed by atoms with E-state index in [1.165, 1.54) is 4.90 Å². The molecule has 0 radical (unpaired) electrons. The van der Waals surface area contributed by atoms with Crippen LogP contribution < -0.4 is 4.90 Å². The van der Waals surface area contributed by atoms with Crippen molar-refractivity contribution in [3.05, 3.63) is 28.2 Å². The molecule has 1 aliphatic heterocycles. The third kappa shape index (κ3) is 2.34. The zero-order chi connectivity index (χ0) is 12.6. The summed E-state index contributed by atoms with van der Waals surface area (Å²) in [6.07, 6.45) is 0. The predicted molar refractivity (Wildman–Crippen MR) is 68.9 cm³/mol. The Kier molecular flexibility index (Phi) is 3.19. The number of rotatable bonds is 1. The predicted octanol–water partition coefficient (Wildman–Crippen LogP) is 1.56. The molecule has 0 saturated carbocycles. The minimum absolute atomic E-state index is 0.0353. The van der Waals surface area contributed by atoms with E-state index in [4.69, 9.17) is 0 Å². The van der Waals surface area contributed by atoms with E-state index in [0.29, 0.717) is 0 Å². The molecule has 90 valence electrons. The van der Waals surface area contributed by atoms with E-state index in [2.05, 4.69) is 15.9 Å². The van der Waals surface area contributed by atoms with Crippen molar-refractivity contribution >= 4 is 33.4 Å². The summed E-state index contributed by atoms with van der Waals surface area (Å²) in [6.45, 7) is 2.20. The number of halogens is 1. The molecule has 1 fully saturated rings. The molecule has 4 nitrogen and oxygen atoms in total. The highest BCUT2D eigenvalue weighted by atomic mass is 79.9. The second kappa shape index (κ2) is 4.49. The molecule has 0 atom stereocenters. The van der Waals surface area contributed by atoms with Crippen LogP contribution in [0.4, 0.5) is 5.69 Å². The van der Waals surface area contributed by atoms with Crippen LogP contribution in [-0.4, -0.2) is 36.9 Å². The van der Waals surface area contributed by atoms with Crippen LogP contribution in [0.3, 0.4) is 0 Å². The number of carbonyl (C=O) groups excluding carboxylic acids is 2. The smallest absolute Gasteiger partial charge is 0.247 e. The second-order valence-corrected chi connectivity index (χ2v) is 5.08. The molecule has 0 spiro atoms. The molecular formula is C12H13BrN2O2. The summed E-state index contributed by atoms with van der Waals surface area (Å²) >= 11 is 3.38. The molecule has 1 aliphatic rings. The van der Waals surface area contributed by atoms with Crippen LogP contribution in [0.15, 0.2) is 22.7 Å². The fourth-order valence-corrected chi connectivity index (χ4v) is 2.34. The van der Waals surface area contributed by atoms with Gasteiger partial charge in [0.15, 0.2) is 0 Å². The van der Waals surface area contributed by atoms with Crippen molar-refractivity contribution in [2.24, 2.45) is 0 Å². The molecule has 17 heavy (non-hydrogen) atoms. The van der Waals surface area contributed by atoms with Gasteiger partial charge in [-0.15, -0.1) is 0 Å². The van der Waals surface area contributed by atoms with Gasteiger partial charge in [-0.1, -0.05) is 15.9 Å². The quantitative estimate of drug-likeness (QED) is 0.789. The number of hydrogen-bond donors (Lipinski definition) is 0. The average molecular weight is 297 g/mol. The lowest BCUT2D eigenvalue weighted by atomic mass is 10.1. The van der Waals surface area contributed by atoms with Crippen LogP contribution in [0.1, 0.15) is 5.56 Å². The van der Waals surface area contributed by atoms with Gasteiger partial charge in [0.1, 0.15) is 6.54 Å². The number of likely N-dealkylation sites (N-methyl/N-ethyl adjacent to an activating group) is 1.